The first kappa shape index (κ1) is 17.8. The summed E-state index contributed by atoms with van der Waals surface area (Å²) in [4.78, 5) is 2.52. The molecule has 0 saturated carbocycles. The van der Waals surface area contributed by atoms with Gasteiger partial charge in [-0.3, -0.25) is 4.90 Å². The van der Waals surface area contributed by atoms with Crippen LogP contribution in [-0.4, -0.2) is 34.4 Å². The third-order valence-corrected chi connectivity index (χ3v) is 6.60. The second-order valence-electron chi connectivity index (χ2n) is 8.44. The fourth-order valence-corrected chi connectivity index (χ4v) is 5.05. The molecule has 0 radical (unpaired) electrons. The molecule has 6 rings (SSSR count). The van der Waals surface area contributed by atoms with Crippen LogP contribution >= 0.6 is 0 Å². The minimum absolute atomic E-state index is 0.204. The number of hydrazone groups is 1. The van der Waals surface area contributed by atoms with E-state index in [-0.39, 0.29) is 11.8 Å². The number of rotatable bonds is 3. The lowest BCUT2D eigenvalue weighted by Crippen LogP contribution is -2.59. The molecule has 1 spiro atoms. The van der Waals surface area contributed by atoms with Gasteiger partial charge in [0.25, 0.3) is 0 Å². The first-order valence-corrected chi connectivity index (χ1v) is 10.8. The van der Waals surface area contributed by atoms with Crippen molar-refractivity contribution in [3.8, 4) is 5.75 Å². The number of benzene rings is 2. The molecule has 0 unspecified atom stereocenters. The molecule has 1 fully saturated rings. The molecule has 152 valence electrons. The fraction of sp³-hybridized carbons (Fsp3) is 0.320. The molecule has 4 heterocycles. The van der Waals surface area contributed by atoms with E-state index in [1.54, 1.807) is 6.26 Å². The van der Waals surface area contributed by atoms with Gasteiger partial charge in [0.1, 0.15) is 17.2 Å². The van der Waals surface area contributed by atoms with Gasteiger partial charge in [-0.15, -0.1) is 0 Å². The second kappa shape index (κ2) is 7.03. The van der Waals surface area contributed by atoms with E-state index >= 15 is 0 Å². The molecule has 1 atom stereocenters. The Bertz CT molecular complexity index is 1050. The van der Waals surface area contributed by atoms with Crippen LogP contribution in [0, 0.1) is 0 Å². The number of nitrogens with zero attached hydrogens (tertiary/aromatic N) is 3. The quantitative estimate of drug-likeness (QED) is 0.633. The zero-order valence-electron chi connectivity index (χ0n) is 16.9. The first-order chi connectivity index (χ1) is 14.8. The van der Waals surface area contributed by atoms with Gasteiger partial charge in [-0.05, 0) is 23.8 Å². The van der Waals surface area contributed by atoms with E-state index in [0.29, 0.717) is 0 Å². The summed E-state index contributed by atoms with van der Waals surface area (Å²) in [6.45, 7) is 2.97. The first-order valence-electron chi connectivity index (χ1n) is 10.8. The van der Waals surface area contributed by atoms with Crippen molar-refractivity contribution in [1.82, 2.24) is 9.91 Å². The van der Waals surface area contributed by atoms with Gasteiger partial charge in [0.15, 0.2) is 0 Å². The molecular weight excluding hydrogens is 374 g/mol. The second-order valence-corrected chi connectivity index (χ2v) is 8.44. The summed E-state index contributed by atoms with van der Waals surface area (Å²) < 4.78 is 12.4. The maximum Gasteiger partial charge on any atom is 0.200 e. The molecule has 0 aliphatic carbocycles. The summed E-state index contributed by atoms with van der Waals surface area (Å²) in [5, 5.41) is 7.29. The molecule has 1 aromatic heterocycles. The van der Waals surface area contributed by atoms with Gasteiger partial charge >= 0.3 is 0 Å². The van der Waals surface area contributed by atoms with Crippen LogP contribution in [0.3, 0.4) is 0 Å². The Morgan fingerprint density at radius 3 is 2.53 bits per heavy atom. The molecular formula is C25H25N3O2. The van der Waals surface area contributed by atoms with Gasteiger partial charge in [0.05, 0.1) is 12.3 Å². The smallest absolute Gasteiger partial charge is 0.200 e. The predicted octanol–water partition coefficient (Wildman–Crippen LogP) is 4.82. The van der Waals surface area contributed by atoms with Crippen LogP contribution in [-0.2, 0) is 6.54 Å². The van der Waals surface area contributed by atoms with Gasteiger partial charge in [-0.2, -0.15) is 5.10 Å². The van der Waals surface area contributed by atoms with E-state index in [4.69, 9.17) is 14.3 Å². The van der Waals surface area contributed by atoms with E-state index in [2.05, 4.69) is 64.5 Å². The molecule has 2 aromatic carbocycles. The summed E-state index contributed by atoms with van der Waals surface area (Å²) in [6, 6.07) is 23.3. The molecule has 0 amide bonds. The number of piperidine rings is 1. The normalized spacial score (nSPS) is 22.3. The Hall–Kier alpha value is -3.05. The molecule has 3 aromatic rings. The monoisotopic (exact) mass is 399 g/mol. The number of para-hydroxylation sites is 1. The van der Waals surface area contributed by atoms with E-state index in [1.807, 2.05) is 12.1 Å². The van der Waals surface area contributed by atoms with Crippen LogP contribution < -0.4 is 4.74 Å². The van der Waals surface area contributed by atoms with Crippen molar-refractivity contribution in [3.63, 3.8) is 0 Å². The number of furan rings is 1. The number of likely N-dealkylation sites (tertiary alicyclic amines) is 1. The Balaban J connectivity index is 1.29. The Morgan fingerprint density at radius 2 is 1.73 bits per heavy atom. The molecule has 0 bridgehead atoms. The van der Waals surface area contributed by atoms with Crippen molar-refractivity contribution >= 4 is 5.71 Å². The molecule has 30 heavy (non-hydrogen) atoms. The van der Waals surface area contributed by atoms with Crippen molar-refractivity contribution in [2.24, 2.45) is 5.10 Å². The minimum atomic E-state index is -0.388. The van der Waals surface area contributed by atoms with E-state index < -0.39 is 0 Å². The molecule has 3 aliphatic rings. The SMILES string of the molecule is c1ccc(CN2CCC3(CC2)Oc2ccccc2[C@@H]2CC(c4ccco4)=NN23)cc1. The minimum Gasteiger partial charge on any atom is -0.466 e. The van der Waals surface area contributed by atoms with E-state index in [9.17, 15) is 0 Å². The molecule has 5 nitrogen and oxygen atoms in total. The van der Waals surface area contributed by atoms with Crippen molar-refractivity contribution in [2.45, 2.75) is 37.6 Å². The highest BCUT2D eigenvalue weighted by molar-refractivity contribution is 5.99. The van der Waals surface area contributed by atoms with Gasteiger partial charge < -0.3 is 9.15 Å². The van der Waals surface area contributed by atoms with E-state index in [1.165, 1.54) is 11.1 Å². The van der Waals surface area contributed by atoms with Crippen LogP contribution in [0.15, 0.2) is 82.5 Å². The number of ether oxygens (including phenoxy) is 1. The Kier molecular flexibility index (Phi) is 4.16. The molecule has 0 N–H and O–H groups in total. The lowest BCUT2D eigenvalue weighted by molar-refractivity contribution is -0.150. The Labute approximate surface area is 176 Å². The van der Waals surface area contributed by atoms with Crippen molar-refractivity contribution in [1.29, 1.82) is 0 Å². The van der Waals surface area contributed by atoms with Crippen molar-refractivity contribution in [2.75, 3.05) is 13.1 Å². The summed E-state index contributed by atoms with van der Waals surface area (Å²) in [6.07, 6.45) is 4.43. The van der Waals surface area contributed by atoms with Crippen molar-refractivity contribution in [3.05, 3.63) is 89.9 Å². The largest absolute Gasteiger partial charge is 0.466 e. The highest BCUT2D eigenvalue weighted by Gasteiger charge is 2.51. The predicted molar refractivity (Wildman–Crippen MR) is 115 cm³/mol. The molecule has 3 aliphatic heterocycles. The number of hydrogen-bond donors (Lipinski definition) is 0. The van der Waals surface area contributed by atoms with Crippen molar-refractivity contribution < 1.29 is 9.15 Å². The standard InChI is InChI=1S/C25H25N3O2/c1-2-7-19(8-3-1)18-27-14-12-25(13-15-27)28-22(20-9-4-5-10-23(20)30-25)17-21(26-28)24-11-6-16-29-24/h1-11,16,22H,12-15,17-18H2/t22-/m0/s1. The number of fused-ring (bicyclic) bond motifs is 4. The van der Waals surface area contributed by atoms with Crippen LogP contribution in [0.4, 0.5) is 0 Å². The van der Waals surface area contributed by atoms with Crippen LogP contribution in [0.25, 0.3) is 0 Å². The molecule has 5 heteroatoms. The van der Waals surface area contributed by atoms with Crippen LogP contribution in [0.5, 0.6) is 5.75 Å². The maximum absolute atomic E-state index is 6.70. The van der Waals surface area contributed by atoms with Crippen LogP contribution in [0.2, 0.25) is 0 Å². The summed E-state index contributed by atoms with van der Waals surface area (Å²) in [5.41, 5.74) is 3.21. The van der Waals surface area contributed by atoms with E-state index in [0.717, 1.165) is 56.1 Å². The topological polar surface area (TPSA) is 41.2 Å². The van der Waals surface area contributed by atoms with Gasteiger partial charge in [-0.25, -0.2) is 5.01 Å². The van der Waals surface area contributed by atoms with Gasteiger partial charge in [-0.1, -0.05) is 48.5 Å². The summed E-state index contributed by atoms with van der Waals surface area (Å²) >= 11 is 0. The van der Waals surface area contributed by atoms with Crippen LogP contribution in [0.1, 0.15) is 42.2 Å². The lowest BCUT2D eigenvalue weighted by atomic mass is 9.91. The highest BCUT2D eigenvalue weighted by Crippen LogP contribution is 2.49. The third-order valence-electron chi connectivity index (χ3n) is 6.60. The number of hydrogen-bond acceptors (Lipinski definition) is 5. The highest BCUT2D eigenvalue weighted by atomic mass is 16.5. The zero-order valence-corrected chi connectivity index (χ0v) is 16.9. The fourth-order valence-electron chi connectivity index (χ4n) is 5.05. The maximum atomic E-state index is 6.70. The van der Waals surface area contributed by atoms with Gasteiger partial charge in [0, 0.05) is 44.5 Å². The Morgan fingerprint density at radius 1 is 0.933 bits per heavy atom. The lowest BCUT2D eigenvalue weighted by Gasteiger charge is -2.51. The average Bonchev–Trinajstić information content (AvgIpc) is 3.47. The summed E-state index contributed by atoms with van der Waals surface area (Å²) in [5.74, 6) is 1.87. The summed E-state index contributed by atoms with van der Waals surface area (Å²) in [7, 11) is 0. The average molecular weight is 399 g/mol. The third kappa shape index (κ3) is 2.92. The van der Waals surface area contributed by atoms with Gasteiger partial charge in [0.2, 0.25) is 5.72 Å². The molecule has 1 saturated heterocycles. The zero-order chi connectivity index (χ0) is 20.0.